The molecule has 2 heterocycles. The number of halogens is 1. The number of aromatic nitrogens is 2. The topological polar surface area (TPSA) is 60.4 Å². The number of hydrogen-bond donors (Lipinski definition) is 1. The van der Waals surface area contributed by atoms with E-state index in [1.165, 1.54) is 10.5 Å². The summed E-state index contributed by atoms with van der Waals surface area (Å²) in [6, 6.07) is 6.85. The van der Waals surface area contributed by atoms with Gasteiger partial charge >= 0.3 is 0 Å². The number of fused-ring (bicyclic) bond motifs is 1. The first kappa shape index (κ1) is 10.7. The van der Waals surface area contributed by atoms with E-state index in [-0.39, 0.29) is 18.0 Å². The van der Waals surface area contributed by atoms with E-state index in [2.05, 4.69) is 4.98 Å². The summed E-state index contributed by atoms with van der Waals surface area (Å²) in [7, 11) is 0. The monoisotopic (exact) mass is 211 g/mol. The van der Waals surface area contributed by atoms with Gasteiger partial charge in [-0.1, -0.05) is 6.07 Å². The molecular formula is C9H10ClN3O. The molecule has 0 aromatic carbocycles. The van der Waals surface area contributed by atoms with E-state index in [0.29, 0.717) is 17.9 Å². The summed E-state index contributed by atoms with van der Waals surface area (Å²) >= 11 is 0. The Morgan fingerprint density at radius 1 is 1.43 bits per heavy atom. The Morgan fingerprint density at radius 2 is 2.21 bits per heavy atom. The standard InChI is InChI=1S/C9H9N3O.ClH/c10-6-7-5-9(13)12-4-2-1-3-8(12)11-7;/h1-5H,6,10H2;1H. The average Bonchev–Trinajstić information content (AvgIpc) is 2.18. The molecule has 0 amide bonds. The predicted molar refractivity (Wildman–Crippen MR) is 56.6 cm³/mol. The summed E-state index contributed by atoms with van der Waals surface area (Å²) < 4.78 is 1.49. The molecule has 0 atom stereocenters. The molecule has 2 N–H and O–H groups in total. The van der Waals surface area contributed by atoms with Crippen LogP contribution in [0.15, 0.2) is 35.3 Å². The van der Waals surface area contributed by atoms with Crippen LogP contribution in [0.25, 0.3) is 5.65 Å². The van der Waals surface area contributed by atoms with Crippen molar-refractivity contribution in [2.75, 3.05) is 0 Å². The molecule has 0 aliphatic heterocycles. The Labute approximate surface area is 86.8 Å². The molecule has 0 saturated heterocycles. The summed E-state index contributed by atoms with van der Waals surface area (Å²) in [6.07, 6.45) is 1.69. The van der Waals surface area contributed by atoms with Gasteiger partial charge in [0, 0.05) is 18.8 Å². The van der Waals surface area contributed by atoms with E-state index >= 15 is 0 Å². The van der Waals surface area contributed by atoms with Gasteiger partial charge in [-0.25, -0.2) is 4.98 Å². The fourth-order valence-electron chi connectivity index (χ4n) is 1.21. The van der Waals surface area contributed by atoms with Crippen LogP contribution >= 0.6 is 12.4 Å². The van der Waals surface area contributed by atoms with Crippen molar-refractivity contribution in [3.8, 4) is 0 Å². The summed E-state index contributed by atoms with van der Waals surface area (Å²) in [6.45, 7) is 0.292. The van der Waals surface area contributed by atoms with Crippen molar-refractivity contribution in [2.24, 2.45) is 5.73 Å². The highest BCUT2D eigenvalue weighted by Gasteiger charge is 1.98. The zero-order valence-electron chi connectivity index (χ0n) is 7.38. The van der Waals surface area contributed by atoms with Crippen molar-refractivity contribution in [3.05, 3.63) is 46.5 Å². The second-order valence-corrected chi connectivity index (χ2v) is 2.72. The van der Waals surface area contributed by atoms with Crippen molar-refractivity contribution in [1.82, 2.24) is 9.38 Å². The van der Waals surface area contributed by atoms with Crippen LogP contribution in [0.4, 0.5) is 0 Å². The minimum atomic E-state index is -0.0916. The quantitative estimate of drug-likeness (QED) is 0.751. The zero-order chi connectivity index (χ0) is 9.26. The molecular weight excluding hydrogens is 202 g/mol. The molecule has 0 aliphatic rings. The van der Waals surface area contributed by atoms with Gasteiger partial charge in [0.25, 0.3) is 5.56 Å². The molecule has 0 fully saturated rings. The summed E-state index contributed by atoms with van der Waals surface area (Å²) in [5.74, 6) is 0. The number of nitrogens with two attached hydrogens (primary N) is 1. The lowest BCUT2D eigenvalue weighted by molar-refractivity contribution is 0.943. The molecule has 74 valence electrons. The van der Waals surface area contributed by atoms with Gasteiger partial charge in [-0.3, -0.25) is 9.20 Å². The molecule has 5 heteroatoms. The molecule has 0 bridgehead atoms. The van der Waals surface area contributed by atoms with Gasteiger partial charge in [0.2, 0.25) is 0 Å². The van der Waals surface area contributed by atoms with Crippen LogP contribution in [-0.2, 0) is 6.54 Å². The maximum atomic E-state index is 11.4. The molecule has 2 rings (SSSR count). The van der Waals surface area contributed by atoms with Crippen molar-refractivity contribution >= 4 is 18.1 Å². The van der Waals surface area contributed by atoms with Crippen LogP contribution in [0.5, 0.6) is 0 Å². The van der Waals surface area contributed by atoms with E-state index in [1.807, 2.05) is 6.07 Å². The average molecular weight is 212 g/mol. The first-order valence-corrected chi connectivity index (χ1v) is 3.98. The Kier molecular flexibility index (Phi) is 3.22. The van der Waals surface area contributed by atoms with Crippen molar-refractivity contribution in [1.29, 1.82) is 0 Å². The molecule has 0 unspecified atom stereocenters. The highest BCUT2D eigenvalue weighted by Crippen LogP contribution is 1.96. The van der Waals surface area contributed by atoms with Gasteiger partial charge in [0.05, 0.1) is 5.69 Å². The normalized spacial score (nSPS) is 9.79. The lowest BCUT2D eigenvalue weighted by atomic mass is 10.4. The SMILES string of the molecule is Cl.NCc1cc(=O)n2ccccc2n1. The van der Waals surface area contributed by atoms with E-state index in [1.54, 1.807) is 18.3 Å². The van der Waals surface area contributed by atoms with E-state index in [9.17, 15) is 4.79 Å². The Morgan fingerprint density at radius 3 is 2.93 bits per heavy atom. The van der Waals surface area contributed by atoms with Crippen LogP contribution in [0.1, 0.15) is 5.69 Å². The van der Waals surface area contributed by atoms with Crippen LogP contribution < -0.4 is 11.3 Å². The molecule has 2 aromatic heterocycles. The van der Waals surface area contributed by atoms with E-state index in [4.69, 9.17) is 5.73 Å². The fraction of sp³-hybridized carbons (Fsp3) is 0.111. The van der Waals surface area contributed by atoms with Crippen LogP contribution in [-0.4, -0.2) is 9.38 Å². The van der Waals surface area contributed by atoms with Crippen LogP contribution in [0, 0.1) is 0 Å². The maximum absolute atomic E-state index is 11.4. The maximum Gasteiger partial charge on any atom is 0.258 e. The van der Waals surface area contributed by atoms with Crippen molar-refractivity contribution < 1.29 is 0 Å². The largest absolute Gasteiger partial charge is 0.325 e. The van der Waals surface area contributed by atoms with Crippen LogP contribution in [0.2, 0.25) is 0 Å². The number of rotatable bonds is 1. The van der Waals surface area contributed by atoms with Gasteiger partial charge in [-0.05, 0) is 12.1 Å². The first-order valence-electron chi connectivity index (χ1n) is 3.98. The third-order valence-corrected chi connectivity index (χ3v) is 1.83. The summed E-state index contributed by atoms with van der Waals surface area (Å²) in [5, 5.41) is 0. The van der Waals surface area contributed by atoms with E-state index < -0.39 is 0 Å². The molecule has 2 aromatic rings. The molecule has 0 spiro atoms. The zero-order valence-corrected chi connectivity index (χ0v) is 8.20. The number of pyridine rings is 1. The van der Waals surface area contributed by atoms with Gasteiger partial charge in [0.1, 0.15) is 5.65 Å². The Bertz CT molecular complexity index is 495. The molecule has 0 saturated carbocycles. The van der Waals surface area contributed by atoms with Gasteiger partial charge < -0.3 is 5.73 Å². The molecule has 14 heavy (non-hydrogen) atoms. The predicted octanol–water partition coefficient (Wildman–Crippen LogP) is 0.575. The van der Waals surface area contributed by atoms with Gasteiger partial charge in [-0.15, -0.1) is 12.4 Å². The Hall–Kier alpha value is -1.39. The fourth-order valence-corrected chi connectivity index (χ4v) is 1.21. The van der Waals surface area contributed by atoms with Crippen molar-refractivity contribution in [2.45, 2.75) is 6.54 Å². The molecule has 4 nitrogen and oxygen atoms in total. The Balaban J connectivity index is 0.000000980. The number of nitrogens with zero attached hydrogens (tertiary/aromatic N) is 2. The highest BCUT2D eigenvalue weighted by atomic mass is 35.5. The smallest absolute Gasteiger partial charge is 0.258 e. The third-order valence-electron chi connectivity index (χ3n) is 1.83. The van der Waals surface area contributed by atoms with E-state index in [0.717, 1.165) is 0 Å². The van der Waals surface area contributed by atoms with Gasteiger partial charge in [-0.2, -0.15) is 0 Å². The molecule has 0 radical (unpaired) electrons. The second-order valence-electron chi connectivity index (χ2n) is 2.72. The van der Waals surface area contributed by atoms with Crippen molar-refractivity contribution in [3.63, 3.8) is 0 Å². The highest BCUT2D eigenvalue weighted by molar-refractivity contribution is 5.85. The lowest BCUT2D eigenvalue weighted by Gasteiger charge is -2.00. The lowest BCUT2D eigenvalue weighted by Crippen LogP contribution is -2.16. The first-order chi connectivity index (χ1) is 6.31. The molecule has 0 aliphatic carbocycles. The second kappa shape index (κ2) is 4.21. The minimum absolute atomic E-state index is 0. The number of hydrogen-bond acceptors (Lipinski definition) is 3. The van der Waals surface area contributed by atoms with Gasteiger partial charge in [0.15, 0.2) is 0 Å². The third kappa shape index (κ3) is 1.76. The summed E-state index contributed by atoms with van der Waals surface area (Å²) in [4.78, 5) is 15.6. The summed E-state index contributed by atoms with van der Waals surface area (Å²) in [5.41, 5.74) is 6.56. The van der Waals surface area contributed by atoms with Crippen LogP contribution in [0.3, 0.4) is 0 Å². The minimum Gasteiger partial charge on any atom is -0.325 e.